The molecule has 168 valence electrons. The third-order valence-electron chi connectivity index (χ3n) is 5.12. The number of aromatic nitrogens is 4. The van der Waals surface area contributed by atoms with Crippen molar-refractivity contribution in [3.63, 3.8) is 0 Å². The molecule has 3 aromatic heterocycles. The summed E-state index contributed by atoms with van der Waals surface area (Å²) in [7, 11) is 0. The van der Waals surface area contributed by atoms with Gasteiger partial charge in [0.25, 0.3) is 0 Å². The fraction of sp³-hybridized carbons (Fsp3) is 0.182. The van der Waals surface area contributed by atoms with Crippen LogP contribution in [-0.2, 0) is 30.3 Å². The third-order valence-corrected chi connectivity index (χ3v) is 6.58. The molecule has 33 heavy (non-hydrogen) atoms. The molecule has 0 spiro atoms. The highest BCUT2D eigenvalue weighted by Gasteiger charge is 2.36. The Balaban J connectivity index is 1.47. The molecule has 0 aliphatic carbocycles. The van der Waals surface area contributed by atoms with E-state index in [1.807, 2.05) is 12.1 Å². The van der Waals surface area contributed by atoms with E-state index in [9.17, 15) is 17.7 Å². The van der Waals surface area contributed by atoms with Gasteiger partial charge < -0.3 is 14.3 Å². The maximum Gasteiger partial charge on any atom is 0.433 e. The first-order chi connectivity index (χ1) is 15.9. The van der Waals surface area contributed by atoms with Gasteiger partial charge in [-0.1, -0.05) is 18.2 Å². The van der Waals surface area contributed by atoms with Crippen molar-refractivity contribution in [2.45, 2.75) is 24.0 Å². The summed E-state index contributed by atoms with van der Waals surface area (Å²) in [6.07, 6.45) is 0.0598. The fourth-order valence-electron chi connectivity index (χ4n) is 3.59. The summed E-state index contributed by atoms with van der Waals surface area (Å²) in [4.78, 5) is 17.1. The molecule has 0 unspecified atom stereocenters. The van der Waals surface area contributed by atoms with Crippen LogP contribution in [0, 0.1) is 0 Å². The number of nitrogens with zero attached hydrogens (tertiary/aromatic N) is 4. The number of hydrogen-bond donors (Lipinski definition) is 1. The zero-order valence-corrected chi connectivity index (χ0v) is 17.8. The number of rotatable bonds is 5. The summed E-state index contributed by atoms with van der Waals surface area (Å²) in [6, 6.07) is 10.0. The Hall–Kier alpha value is -3.44. The van der Waals surface area contributed by atoms with E-state index in [1.54, 1.807) is 18.3 Å². The minimum atomic E-state index is -4.58. The van der Waals surface area contributed by atoms with Gasteiger partial charge in [-0.15, -0.1) is 0 Å². The first-order valence-corrected chi connectivity index (χ1v) is 11.3. The molecule has 1 atom stereocenters. The number of oxazole rings is 1. The molecule has 5 rings (SSSR count). The molecule has 1 aromatic carbocycles. The van der Waals surface area contributed by atoms with Crippen molar-refractivity contribution in [1.82, 2.24) is 19.9 Å². The average Bonchev–Trinajstić information content (AvgIpc) is 3.48. The number of fused-ring (bicyclic) bond motifs is 1. The van der Waals surface area contributed by atoms with Crippen LogP contribution >= 0.6 is 0 Å². The van der Waals surface area contributed by atoms with E-state index in [2.05, 4.69) is 25.3 Å². The van der Waals surface area contributed by atoms with Crippen LogP contribution in [0.5, 0.6) is 0 Å². The number of pyridine rings is 1. The van der Waals surface area contributed by atoms with Crippen LogP contribution in [0.3, 0.4) is 0 Å². The van der Waals surface area contributed by atoms with Crippen LogP contribution in [0.1, 0.15) is 17.0 Å². The van der Waals surface area contributed by atoms with Gasteiger partial charge in [-0.3, -0.25) is 4.98 Å². The molecule has 1 aliphatic rings. The number of anilines is 1. The summed E-state index contributed by atoms with van der Waals surface area (Å²) in [6.45, 7) is -0.175. The van der Waals surface area contributed by atoms with Gasteiger partial charge in [-0.25, -0.2) is 15.0 Å². The van der Waals surface area contributed by atoms with Crippen LogP contribution in [0.25, 0.3) is 22.8 Å². The lowest BCUT2D eigenvalue weighted by Gasteiger charge is -2.15. The quantitative estimate of drug-likeness (QED) is 0.428. The normalized spacial score (nSPS) is 15.5. The lowest BCUT2D eigenvalue weighted by molar-refractivity contribution is -0.141. The van der Waals surface area contributed by atoms with E-state index < -0.39 is 23.0 Å². The molecular formula is C22H16F3N5O2S. The first kappa shape index (κ1) is 21.4. The molecule has 4 heterocycles. The Labute approximate surface area is 189 Å². The molecule has 1 N–H and O–H groups in total. The van der Waals surface area contributed by atoms with E-state index in [4.69, 9.17) is 4.42 Å². The summed E-state index contributed by atoms with van der Waals surface area (Å²) < 4.78 is 57.7. The number of hydrogen-bond acceptors (Lipinski definition) is 7. The van der Waals surface area contributed by atoms with E-state index in [1.165, 1.54) is 18.4 Å². The number of halogens is 3. The highest BCUT2D eigenvalue weighted by atomic mass is 32.2. The van der Waals surface area contributed by atoms with Crippen molar-refractivity contribution in [2.75, 3.05) is 11.1 Å². The minimum absolute atomic E-state index is 0.0296. The molecule has 0 radical (unpaired) electrons. The van der Waals surface area contributed by atoms with Gasteiger partial charge in [0.05, 0.1) is 6.20 Å². The van der Waals surface area contributed by atoms with Crippen LogP contribution < -0.4 is 5.32 Å². The van der Waals surface area contributed by atoms with E-state index in [0.29, 0.717) is 40.0 Å². The summed E-state index contributed by atoms with van der Waals surface area (Å²) in [5.74, 6) is 1.52. The van der Waals surface area contributed by atoms with Crippen molar-refractivity contribution in [2.24, 2.45) is 0 Å². The SMILES string of the molecule is [O-][S@+]1CCc2nc(-c3ccc(-c4ncco4)cc3)nc(NCc3cccnc3C(F)(F)F)c21. The zero-order chi connectivity index (χ0) is 23.0. The van der Waals surface area contributed by atoms with Crippen LogP contribution in [-0.4, -0.2) is 30.2 Å². The van der Waals surface area contributed by atoms with E-state index >= 15 is 0 Å². The summed E-state index contributed by atoms with van der Waals surface area (Å²) in [5.41, 5.74) is 1.11. The van der Waals surface area contributed by atoms with Gasteiger partial charge in [0.2, 0.25) is 10.8 Å². The molecule has 0 amide bonds. The second-order valence-corrected chi connectivity index (χ2v) is 8.76. The van der Waals surface area contributed by atoms with Crippen LogP contribution in [0.4, 0.5) is 19.0 Å². The number of aryl methyl sites for hydroxylation is 1. The smallest absolute Gasteiger partial charge is 0.433 e. The molecule has 0 bridgehead atoms. The van der Waals surface area contributed by atoms with E-state index in [0.717, 1.165) is 11.8 Å². The van der Waals surface area contributed by atoms with Crippen molar-refractivity contribution in [1.29, 1.82) is 0 Å². The van der Waals surface area contributed by atoms with Crippen molar-refractivity contribution in [3.8, 4) is 22.8 Å². The third kappa shape index (κ3) is 4.29. The maximum absolute atomic E-state index is 13.3. The second kappa shape index (κ2) is 8.49. The van der Waals surface area contributed by atoms with Crippen molar-refractivity contribution >= 4 is 17.0 Å². The lowest BCUT2D eigenvalue weighted by atomic mass is 10.1. The van der Waals surface area contributed by atoms with Gasteiger partial charge >= 0.3 is 6.18 Å². The Morgan fingerprint density at radius 3 is 2.55 bits per heavy atom. The van der Waals surface area contributed by atoms with Gasteiger partial charge in [-0.05, 0) is 29.4 Å². The maximum atomic E-state index is 13.3. The van der Waals surface area contributed by atoms with Gasteiger partial charge in [-0.2, -0.15) is 13.2 Å². The molecule has 0 saturated heterocycles. The largest absolute Gasteiger partial charge is 0.611 e. The summed E-state index contributed by atoms with van der Waals surface area (Å²) in [5, 5.41) is 2.94. The van der Waals surface area contributed by atoms with Gasteiger partial charge in [0.1, 0.15) is 23.4 Å². The molecule has 7 nitrogen and oxygen atoms in total. The number of nitrogens with one attached hydrogen (secondary N) is 1. The molecule has 1 aliphatic heterocycles. The monoisotopic (exact) mass is 471 g/mol. The molecular weight excluding hydrogens is 455 g/mol. The first-order valence-electron chi connectivity index (χ1n) is 9.94. The molecule has 0 fully saturated rings. The predicted molar refractivity (Wildman–Crippen MR) is 115 cm³/mol. The standard InChI is InChI=1S/C22H16F3N5O2S/c23-22(24,25)18-15(2-1-8-26-18)12-28-20-17-16(7-11-33(17)31)29-19(30-20)13-3-5-14(6-4-13)21-27-9-10-32-21/h1-6,8-10H,7,11-12H2,(H,28,29,30)/t33-/m1/s1. The van der Waals surface area contributed by atoms with Gasteiger partial charge in [0, 0.05) is 35.9 Å². The highest BCUT2D eigenvalue weighted by molar-refractivity contribution is 7.91. The molecule has 4 aromatic rings. The number of alkyl halides is 3. The zero-order valence-electron chi connectivity index (χ0n) is 17.0. The Morgan fingerprint density at radius 1 is 1.03 bits per heavy atom. The second-order valence-electron chi connectivity index (χ2n) is 7.25. The van der Waals surface area contributed by atoms with Crippen molar-refractivity contribution in [3.05, 3.63) is 72.0 Å². The minimum Gasteiger partial charge on any atom is -0.611 e. The average molecular weight is 471 g/mol. The van der Waals surface area contributed by atoms with Gasteiger partial charge in [0.15, 0.2) is 11.6 Å². The Morgan fingerprint density at radius 2 is 1.82 bits per heavy atom. The Kier molecular flexibility index (Phi) is 5.51. The van der Waals surface area contributed by atoms with Crippen LogP contribution in [0.2, 0.25) is 0 Å². The molecule has 11 heteroatoms. The number of benzene rings is 1. The van der Waals surface area contributed by atoms with Crippen LogP contribution in [0.15, 0.2) is 64.4 Å². The Bertz CT molecular complexity index is 1280. The van der Waals surface area contributed by atoms with Crippen molar-refractivity contribution < 1.29 is 22.1 Å². The van der Waals surface area contributed by atoms with E-state index in [-0.39, 0.29) is 17.9 Å². The highest BCUT2D eigenvalue weighted by Crippen LogP contribution is 2.34. The fourth-order valence-corrected chi connectivity index (χ4v) is 4.92. The summed E-state index contributed by atoms with van der Waals surface area (Å²) >= 11 is -1.32. The molecule has 0 saturated carbocycles. The predicted octanol–water partition coefficient (Wildman–Crippen LogP) is 4.49. The topological polar surface area (TPSA) is 99.8 Å². The lowest BCUT2D eigenvalue weighted by Crippen LogP contribution is -2.15.